The molecule has 1 aromatic heterocycles. The minimum absolute atomic E-state index is 0.0699. The predicted molar refractivity (Wildman–Crippen MR) is 107 cm³/mol. The summed E-state index contributed by atoms with van der Waals surface area (Å²) in [5.41, 5.74) is 4.92. The SMILES string of the molecule is Cn1cc(CN2CCOC[C@H]2CO)c(-c2ccc(C3CCCCC3)cc2)n1. The van der Waals surface area contributed by atoms with Gasteiger partial charge in [0.25, 0.3) is 0 Å². The number of benzene rings is 1. The number of ether oxygens (including phenoxy) is 1. The molecule has 1 aliphatic heterocycles. The largest absolute Gasteiger partial charge is 0.395 e. The maximum absolute atomic E-state index is 9.64. The van der Waals surface area contributed by atoms with E-state index in [-0.39, 0.29) is 12.6 Å². The fraction of sp³-hybridized carbons (Fsp3) is 0.591. The molecule has 146 valence electrons. The van der Waals surface area contributed by atoms with E-state index in [0.717, 1.165) is 31.3 Å². The Bertz CT molecular complexity index is 735. The van der Waals surface area contributed by atoms with Gasteiger partial charge in [0.2, 0.25) is 0 Å². The zero-order chi connectivity index (χ0) is 18.6. The summed E-state index contributed by atoms with van der Waals surface area (Å²) < 4.78 is 7.41. The third-order valence-corrected chi connectivity index (χ3v) is 6.10. The monoisotopic (exact) mass is 369 g/mol. The maximum Gasteiger partial charge on any atom is 0.0968 e. The molecule has 5 heteroatoms. The molecular formula is C22H31N3O2. The molecule has 2 aromatic rings. The normalized spacial score (nSPS) is 22.2. The quantitative estimate of drug-likeness (QED) is 0.878. The van der Waals surface area contributed by atoms with Gasteiger partial charge in [-0.15, -0.1) is 0 Å². The first-order chi connectivity index (χ1) is 13.2. The Balaban J connectivity index is 1.53. The number of aromatic nitrogens is 2. The lowest BCUT2D eigenvalue weighted by Crippen LogP contribution is -2.46. The third-order valence-electron chi connectivity index (χ3n) is 6.10. The van der Waals surface area contributed by atoms with Crippen LogP contribution < -0.4 is 0 Å². The molecule has 1 aliphatic carbocycles. The maximum atomic E-state index is 9.64. The van der Waals surface area contributed by atoms with Crippen molar-refractivity contribution in [2.75, 3.05) is 26.4 Å². The van der Waals surface area contributed by atoms with Crippen LogP contribution in [0.1, 0.15) is 49.1 Å². The van der Waals surface area contributed by atoms with Crippen molar-refractivity contribution in [2.24, 2.45) is 7.05 Å². The first-order valence-electron chi connectivity index (χ1n) is 10.3. The molecule has 27 heavy (non-hydrogen) atoms. The molecule has 2 fully saturated rings. The van der Waals surface area contributed by atoms with Crippen molar-refractivity contribution in [3.05, 3.63) is 41.6 Å². The van der Waals surface area contributed by atoms with E-state index in [4.69, 9.17) is 9.84 Å². The Morgan fingerprint density at radius 1 is 1.15 bits per heavy atom. The average molecular weight is 370 g/mol. The van der Waals surface area contributed by atoms with E-state index >= 15 is 0 Å². The van der Waals surface area contributed by atoms with Crippen LogP contribution in [-0.4, -0.2) is 52.2 Å². The molecular weight excluding hydrogens is 338 g/mol. The van der Waals surface area contributed by atoms with E-state index in [1.165, 1.54) is 48.8 Å². The van der Waals surface area contributed by atoms with E-state index in [0.29, 0.717) is 6.61 Å². The molecule has 0 spiro atoms. The molecule has 2 aliphatic rings. The first kappa shape index (κ1) is 18.7. The second kappa shape index (κ2) is 8.55. The molecule has 5 nitrogen and oxygen atoms in total. The molecule has 0 unspecified atom stereocenters. The summed E-state index contributed by atoms with van der Waals surface area (Å²) in [5, 5.41) is 14.4. The van der Waals surface area contributed by atoms with Gasteiger partial charge in [0.15, 0.2) is 0 Å². The van der Waals surface area contributed by atoms with E-state index < -0.39 is 0 Å². The van der Waals surface area contributed by atoms with Crippen molar-refractivity contribution in [1.29, 1.82) is 0 Å². The van der Waals surface area contributed by atoms with Crippen LogP contribution in [0.5, 0.6) is 0 Å². The predicted octanol–water partition coefficient (Wildman–Crippen LogP) is 3.33. The van der Waals surface area contributed by atoms with Gasteiger partial charge in [-0.25, -0.2) is 0 Å². The van der Waals surface area contributed by atoms with Crippen molar-refractivity contribution in [3.8, 4) is 11.3 Å². The molecule has 1 N–H and O–H groups in total. The zero-order valence-corrected chi connectivity index (χ0v) is 16.3. The van der Waals surface area contributed by atoms with Crippen molar-refractivity contribution < 1.29 is 9.84 Å². The Labute approximate surface area is 161 Å². The number of morpholine rings is 1. The van der Waals surface area contributed by atoms with E-state index in [1.807, 2.05) is 11.7 Å². The van der Waals surface area contributed by atoms with E-state index in [9.17, 15) is 5.11 Å². The van der Waals surface area contributed by atoms with Crippen LogP contribution in [0.25, 0.3) is 11.3 Å². The fourth-order valence-electron chi connectivity index (χ4n) is 4.53. The Hall–Kier alpha value is -1.69. The van der Waals surface area contributed by atoms with Crippen LogP contribution in [0.15, 0.2) is 30.5 Å². The van der Waals surface area contributed by atoms with Crippen LogP contribution in [0, 0.1) is 0 Å². The van der Waals surface area contributed by atoms with Crippen molar-refractivity contribution >= 4 is 0 Å². The van der Waals surface area contributed by atoms with Crippen molar-refractivity contribution in [1.82, 2.24) is 14.7 Å². The number of hydrogen-bond donors (Lipinski definition) is 1. The highest BCUT2D eigenvalue weighted by atomic mass is 16.5. The van der Waals surface area contributed by atoms with Gasteiger partial charge in [-0.05, 0) is 24.3 Å². The molecule has 1 saturated heterocycles. The van der Waals surface area contributed by atoms with Gasteiger partial charge in [0.1, 0.15) is 0 Å². The average Bonchev–Trinajstić information content (AvgIpc) is 3.09. The standard InChI is InChI=1S/C22H31N3O2/c1-24-13-20(14-25-11-12-27-16-21(25)15-26)22(23-24)19-9-7-18(8-10-19)17-5-3-2-4-6-17/h7-10,13,17,21,26H,2-6,11-12,14-16H2,1H3/t21-/m1/s1. The van der Waals surface area contributed by atoms with Gasteiger partial charge < -0.3 is 9.84 Å². The Kier molecular flexibility index (Phi) is 5.91. The van der Waals surface area contributed by atoms with E-state index in [1.54, 1.807) is 0 Å². The molecule has 2 heterocycles. The summed E-state index contributed by atoms with van der Waals surface area (Å²) in [6.07, 6.45) is 8.88. The minimum atomic E-state index is 0.0699. The Morgan fingerprint density at radius 3 is 2.67 bits per heavy atom. The topological polar surface area (TPSA) is 50.5 Å². The number of hydrogen-bond acceptors (Lipinski definition) is 4. The van der Waals surface area contributed by atoms with Crippen LogP contribution in [0.2, 0.25) is 0 Å². The van der Waals surface area contributed by atoms with Crippen LogP contribution >= 0.6 is 0 Å². The van der Waals surface area contributed by atoms with E-state index in [2.05, 4.69) is 35.4 Å². The van der Waals surface area contributed by atoms with Gasteiger partial charge in [-0.3, -0.25) is 9.58 Å². The molecule has 4 rings (SSSR count). The summed E-state index contributed by atoms with van der Waals surface area (Å²) in [4.78, 5) is 2.31. The highest BCUT2D eigenvalue weighted by Crippen LogP contribution is 2.34. The highest BCUT2D eigenvalue weighted by Gasteiger charge is 2.24. The summed E-state index contributed by atoms with van der Waals surface area (Å²) in [5.74, 6) is 0.731. The number of aliphatic hydroxyl groups is 1. The number of rotatable bonds is 5. The first-order valence-corrected chi connectivity index (χ1v) is 10.3. The lowest BCUT2D eigenvalue weighted by molar-refractivity contribution is -0.0312. The lowest BCUT2D eigenvalue weighted by atomic mass is 9.84. The molecule has 1 saturated carbocycles. The Morgan fingerprint density at radius 2 is 1.93 bits per heavy atom. The number of aryl methyl sites for hydroxylation is 1. The van der Waals surface area contributed by atoms with Gasteiger partial charge in [0.05, 0.1) is 31.6 Å². The number of aliphatic hydroxyl groups excluding tert-OH is 1. The summed E-state index contributed by atoms with van der Waals surface area (Å²) in [6.45, 7) is 3.10. The smallest absolute Gasteiger partial charge is 0.0968 e. The molecule has 1 atom stereocenters. The van der Waals surface area contributed by atoms with Crippen molar-refractivity contribution in [2.45, 2.75) is 50.6 Å². The second-order valence-electron chi connectivity index (χ2n) is 8.02. The second-order valence-corrected chi connectivity index (χ2v) is 8.02. The van der Waals surface area contributed by atoms with Crippen molar-refractivity contribution in [3.63, 3.8) is 0 Å². The van der Waals surface area contributed by atoms with Crippen LogP contribution in [0.4, 0.5) is 0 Å². The summed E-state index contributed by atoms with van der Waals surface area (Å²) >= 11 is 0. The van der Waals surface area contributed by atoms with Gasteiger partial charge in [-0.2, -0.15) is 5.10 Å². The summed E-state index contributed by atoms with van der Waals surface area (Å²) in [6, 6.07) is 9.14. The molecule has 0 amide bonds. The van der Waals surface area contributed by atoms with Gasteiger partial charge in [-0.1, -0.05) is 43.5 Å². The molecule has 0 radical (unpaired) electrons. The van der Waals surface area contributed by atoms with Gasteiger partial charge >= 0.3 is 0 Å². The molecule has 0 bridgehead atoms. The van der Waals surface area contributed by atoms with Crippen LogP contribution in [-0.2, 0) is 18.3 Å². The summed E-state index contributed by atoms with van der Waals surface area (Å²) in [7, 11) is 1.98. The van der Waals surface area contributed by atoms with Gasteiger partial charge in [0, 0.05) is 37.5 Å². The number of nitrogens with zero attached hydrogens (tertiary/aromatic N) is 3. The fourth-order valence-corrected chi connectivity index (χ4v) is 4.53. The molecule has 1 aromatic carbocycles. The lowest BCUT2D eigenvalue weighted by Gasteiger charge is -2.34. The highest BCUT2D eigenvalue weighted by molar-refractivity contribution is 5.63. The minimum Gasteiger partial charge on any atom is -0.395 e. The third kappa shape index (κ3) is 4.26. The van der Waals surface area contributed by atoms with Crippen LogP contribution in [0.3, 0.4) is 0 Å². The zero-order valence-electron chi connectivity index (χ0n) is 16.3.